The normalized spacial score (nSPS) is 11.2. The highest BCUT2D eigenvalue weighted by atomic mass is 35.5. The van der Waals surface area contributed by atoms with Gasteiger partial charge in [-0.1, -0.05) is 108 Å². The molecule has 0 radical (unpaired) electrons. The van der Waals surface area contributed by atoms with Crippen LogP contribution in [-0.2, 0) is 0 Å². The smallest absolute Gasteiger partial charge is 0.184 e. The first kappa shape index (κ1) is 33.4. The second kappa shape index (κ2) is 17.0. The minimum Gasteiger partial charge on any atom is -0.387 e. The molecule has 4 rings (SSSR count). The number of hydrogen-bond acceptors (Lipinski definition) is 6. The molecule has 0 aliphatic heterocycles. The van der Waals surface area contributed by atoms with E-state index in [-0.39, 0.29) is 25.8 Å². The third-order valence-corrected chi connectivity index (χ3v) is 6.29. The third kappa shape index (κ3) is 9.26. The molecule has 6 nitrogen and oxygen atoms in total. The summed E-state index contributed by atoms with van der Waals surface area (Å²) in [7, 11) is 0. The van der Waals surface area contributed by atoms with E-state index in [1.807, 2.05) is 48.5 Å². The number of Topliss-reactive ketones (excluding diaryl/α,β-unsaturated/α-hetero) is 1. The van der Waals surface area contributed by atoms with Gasteiger partial charge in [0.1, 0.15) is 11.4 Å². The summed E-state index contributed by atoms with van der Waals surface area (Å²) in [5.41, 5.74) is 3.74. The molecule has 0 unspecified atom stereocenters. The Bertz CT molecular complexity index is 1300. The first-order chi connectivity index (χ1) is 17.4. The second-order valence-electron chi connectivity index (χ2n) is 8.63. The third-order valence-electron chi connectivity index (χ3n) is 5.75. The molecule has 0 aliphatic carbocycles. The number of nitrogens with zero attached hydrogens (tertiary/aromatic N) is 4. The number of carbonyl (C=O) groups is 1. The Hall–Kier alpha value is -2.67. The molecule has 38 heavy (non-hydrogen) atoms. The van der Waals surface area contributed by atoms with Crippen molar-refractivity contribution in [3.63, 3.8) is 0 Å². The summed E-state index contributed by atoms with van der Waals surface area (Å²) in [5.74, 6) is -0.0216. The maximum Gasteiger partial charge on any atom is 0.184 e. The fourth-order valence-electron chi connectivity index (χ4n) is 3.74. The number of benzene rings is 2. The molecule has 0 amide bonds. The van der Waals surface area contributed by atoms with Crippen molar-refractivity contribution < 1.29 is 9.90 Å². The summed E-state index contributed by atoms with van der Waals surface area (Å²) in [6.07, 6.45) is 6.76. The van der Waals surface area contributed by atoms with Crippen LogP contribution >= 0.6 is 23.2 Å². The number of aromatic nitrogens is 4. The van der Waals surface area contributed by atoms with Gasteiger partial charge in [0.2, 0.25) is 0 Å². The van der Waals surface area contributed by atoms with Crippen molar-refractivity contribution in [2.75, 3.05) is 0 Å². The van der Waals surface area contributed by atoms with Crippen LogP contribution in [0, 0.1) is 0 Å². The summed E-state index contributed by atoms with van der Waals surface area (Å²) in [6.45, 7) is 4.24. The van der Waals surface area contributed by atoms with Gasteiger partial charge < -0.3 is 5.11 Å². The van der Waals surface area contributed by atoms with Crippen LogP contribution in [0.2, 0.25) is 10.3 Å². The van der Waals surface area contributed by atoms with Crippen LogP contribution in [0.15, 0.2) is 48.5 Å². The zero-order valence-electron chi connectivity index (χ0n) is 20.8. The number of rotatable bonds is 10. The standard InChI is InChI=1S/C14H17ClN2O.C14H15ClN2O.2CH4/c2*1-2-3-4-9-12(18)13-14(15)17-11-8-6-5-7-10(11)16-13;;/h5-8,12,18H,2-4,9H2,1H3;5-8H,2-4,9H2,1H3;2*1H4/t12-;;;/m0.../s1. The average molecular weight is 560 g/mol. The lowest BCUT2D eigenvalue weighted by Crippen LogP contribution is -2.05. The molecule has 0 saturated heterocycles. The van der Waals surface area contributed by atoms with Gasteiger partial charge in [-0.2, -0.15) is 0 Å². The first-order valence-electron chi connectivity index (χ1n) is 12.5. The predicted molar refractivity (Wildman–Crippen MR) is 160 cm³/mol. The number of aliphatic hydroxyl groups is 1. The van der Waals surface area contributed by atoms with Gasteiger partial charge in [0.25, 0.3) is 0 Å². The minimum absolute atomic E-state index is 0. The Morgan fingerprint density at radius 2 is 1.21 bits per heavy atom. The van der Waals surface area contributed by atoms with Gasteiger partial charge >= 0.3 is 0 Å². The van der Waals surface area contributed by atoms with Gasteiger partial charge in [-0.05, 0) is 37.1 Å². The molecule has 0 bridgehead atoms. The topological polar surface area (TPSA) is 88.9 Å². The molecule has 206 valence electrons. The average Bonchev–Trinajstić information content (AvgIpc) is 2.88. The van der Waals surface area contributed by atoms with Gasteiger partial charge in [-0.15, -0.1) is 0 Å². The van der Waals surface area contributed by atoms with E-state index >= 15 is 0 Å². The van der Waals surface area contributed by atoms with Crippen molar-refractivity contribution in [1.29, 1.82) is 0 Å². The molecule has 2 aromatic heterocycles. The van der Waals surface area contributed by atoms with E-state index in [1.54, 1.807) is 0 Å². The monoisotopic (exact) mass is 558 g/mol. The quantitative estimate of drug-likeness (QED) is 0.154. The van der Waals surface area contributed by atoms with Crippen molar-refractivity contribution in [2.24, 2.45) is 0 Å². The lowest BCUT2D eigenvalue weighted by Gasteiger charge is -2.11. The van der Waals surface area contributed by atoms with Crippen molar-refractivity contribution in [2.45, 2.75) is 86.2 Å². The number of ketones is 1. The Morgan fingerprint density at radius 1 is 0.737 bits per heavy atom. The summed E-state index contributed by atoms with van der Waals surface area (Å²) in [6, 6.07) is 14.9. The number of unbranched alkanes of at least 4 members (excludes halogenated alkanes) is 4. The predicted octanol–water partition coefficient (Wildman–Crippen LogP) is 9.22. The molecule has 1 atom stereocenters. The van der Waals surface area contributed by atoms with Crippen molar-refractivity contribution in [3.05, 3.63) is 70.2 Å². The summed E-state index contributed by atoms with van der Waals surface area (Å²) in [4.78, 5) is 29.2. The Labute approximate surface area is 236 Å². The second-order valence-corrected chi connectivity index (χ2v) is 9.35. The Balaban J connectivity index is 0.000000361. The van der Waals surface area contributed by atoms with Gasteiger partial charge in [-0.25, -0.2) is 19.9 Å². The van der Waals surface area contributed by atoms with E-state index in [4.69, 9.17) is 23.2 Å². The number of aliphatic hydroxyl groups excluding tert-OH is 1. The summed E-state index contributed by atoms with van der Waals surface area (Å²) >= 11 is 12.1. The van der Waals surface area contributed by atoms with Gasteiger partial charge in [0.05, 0.1) is 28.2 Å². The van der Waals surface area contributed by atoms with E-state index < -0.39 is 6.10 Å². The molecule has 0 saturated carbocycles. The maximum absolute atomic E-state index is 12.0. The van der Waals surface area contributed by atoms with Crippen LogP contribution in [0.5, 0.6) is 0 Å². The van der Waals surface area contributed by atoms with Gasteiger partial charge in [0.15, 0.2) is 16.1 Å². The van der Waals surface area contributed by atoms with E-state index in [0.29, 0.717) is 40.4 Å². The molecule has 4 aromatic rings. The fraction of sp³-hybridized carbons (Fsp3) is 0.433. The molecular formula is C30H40Cl2N4O2. The van der Waals surface area contributed by atoms with Crippen LogP contribution in [0.25, 0.3) is 22.1 Å². The highest BCUT2D eigenvalue weighted by molar-refractivity contribution is 6.32. The van der Waals surface area contributed by atoms with Gasteiger partial charge in [0, 0.05) is 6.42 Å². The van der Waals surface area contributed by atoms with Crippen LogP contribution in [0.4, 0.5) is 0 Å². The van der Waals surface area contributed by atoms with E-state index in [0.717, 1.165) is 49.6 Å². The van der Waals surface area contributed by atoms with Crippen LogP contribution in [-0.4, -0.2) is 30.8 Å². The molecule has 8 heteroatoms. The molecule has 0 fully saturated rings. The highest BCUT2D eigenvalue weighted by Crippen LogP contribution is 2.26. The summed E-state index contributed by atoms with van der Waals surface area (Å²) in [5, 5.41) is 10.6. The Kier molecular flexibility index (Phi) is 14.9. The fourth-order valence-corrected chi connectivity index (χ4v) is 4.24. The molecule has 2 aromatic carbocycles. The number of fused-ring (bicyclic) bond motifs is 2. The number of carbonyl (C=O) groups excluding carboxylic acids is 1. The van der Waals surface area contributed by atoms with E-state index in [2.05, 4.69) is 33.8 Å². The van der Waals surface area contributed by atoms with Crippen LogP contribution in [0.3, 0.4) is 0 Å². The maximum atomic E-state index is 12.0. The Morgan fingerprint density at radius 3 is 1.76 bits per heavy atom. The van der Waals surface area contributed by atoms with Crippen molar-refractivity contribution >= 4 is 51.1 Å². The van der Waals surface area contributed by atoms with Gasteiger partial charge in [-0.3, -0.25) is 4.79 Å². The molecule has 0 spiro atoms. The zero-order chi connectivity index (χ0) is 25.9. The largest absolute Gasteiger partial charge is 0.387 e. The number of para-hydroxylation sites is 4. The molecule has 1 N–H and O–H groups in total. The zero-order valence-corrected chi connectivity index (χ0v) is 22.3. The van der Waals surface area contributed by atoms with Crippen molar-refractivity contribution in [1.82, 2.24) is 19.9 Å². The van der Waals surface area contributed by atoms with E-state index in [9.17, 15) is 9.90 Å². The lowest BCUT2D eigenvalue weighted by atomic mass is 10.1. The van der Waals surface area contributed by atoms with Crippen LogP contribution < -0.4 is 0 Å². The van der Waals surface area contributed by atoms with Crippen LogP contribution in [0.1, 0.15) is 102 Å². The lowest BCUT2D eigenvalue weighted by molar-refractivity contribution is 0.0974. The highest BCUT2D eigenvalue weighted by Gasteiger charge is 2.16. The molecule has 2 heterocycles. The van der Waals surface area contributed by atoms with Crippen molar-refractivity contribution in [3.8, 4) is 0 Å². The molecule has 0 aliphatic rings. The number of halogens is 2. The molecular weight excluding hydrogens is 519 g/mol. The van der Waals surface area contributed by atoms with E-state index in [1.165, 1.54) is 0 Å². The summed E-state index contributed by atoms with van der Waals surface area (Å²) < 4.78 is 0. The number of hydrogen-bond donors (Lipinski definition) is 1. The first-order valence-corrected chi connectivity index (χ1v) is 13.3. The SMILES string of the molecule is C.C.CCCCCC(=O)c1nc2ccccc2nc1Cl.CCCCC[C@H](O)c1nc2ccccc2nc1Cl. The minimum atomic E-state index is -0.624.